The Kier molecular flexibility index (Phi) is 6.70. The summed E-state index contributed by atoms with van der Waals surface area (Å²) >= 11 is 6.09. The summed E-state index contributed by atoms with van der Waals surface area (Å²) in [6.07, 6.45) is 0.880. The van der Waals surface area contributed by atoms with Crippen LogP contribution in [0.15, 0.2) is 58.8 Å². The van der Waals surface area contributed by atoms with Crippen molar-refractivity contribution >= 4 is 23.2 Å². The standard InChI is InChI=1S/C25H27ClN4O3/c1-15(2)13-14-30-16(3)21(22(27-25(30)31)17-5-9-19(26)10-6-17)24-28-23(29-33-24)18-7-11-20(32-4)12-8-18/h5-12,15,22H,13-14H2,1-4H3,(H,27,31). The van der Waals surface area contributed by atoms with Gasteiger partial charge in [-0.1, -0.05) is 42.7 Å². The molecule has 172 valence electrons. The van der Waals surface area contributed by atoms with Crippen molar-refractivity contribution in [2.45, 2.75) is 33.2 Å². The average Bonchev–Trinajstić information content (AvgIpc) is 3.28. The number of nitrogens with one attached hydrogen (secondary N) is 1. The first-order chi connectivity index (χ1) is 15.9. The van der Waals surface area contributed by atoms with Crippen molar-refractivity contribution in [3.8, 4) is 17.1 Å². The first-order valence-corrected chi connectivity index (χ1v) is 11.3. The van der Waals surface area contributed by atoms with Crippen molar-refractivity contribution in [1.82, 2.24) is 20.4 Å². The molecule has 0 saturated heterocycles. The number of aromatic nitrogens is 2. The summed E-state index contributed by atoms with van der Waals surface area (Å²) in [7, 11) is 1.62. The zero-order chi connectivity index (χ0) is 23.5. The Balaban J connectivity index is 1.76. The first kappa shape index (κ1) is 22.9. The van der Waals surface area contributed by atoms with Crippen molar-refractivity contribution in [1.29, 1.82) is 0 Å². The molecule has 2 amide bonds. The molecular formula is C25H27ClN4O3. The van der Waals surface area contributed by atoms with Crippen LogP contribution in [0.5, 0.6) is 5.75 Å². The Bertz CT molecular complexity index is 1150. The number of urea groups is 1. The van der Waals surface area contributed by atoms with Crippen LogP contribution in [0, 0.1) is 5.92 Å². The fourth-order valence-electron chi connectivity index (χ4n) is 3.81. The minimum absolute atomic E-state index is 0.147. The highest BCUT2D eigenvalue weighted by Crippen LogP contribution is 2.38. The van der Waals surface area contributed by atoms with Crippen molar-refractivity contribution < 1.29 is 14.1 Å². The van der Waals surface area contributed by atoms with E-state index in [-0.39, 0.29) is 6.03 Å². The second-order valence-electron chi connectivity index (χ2n) is 8.42. The molecule has 0 saturated carbocycles. The number of nitrogens with zero attached hydrogens (tertiary/aromatic N) is 3. The Hall–Kier alpha value is -3.32. The van der Waals surface area contributed by atoms with E-state index < -0.39 is 6.04 Å². The molecule has 1 aliphatic rings. The van der Waals surface area contributed by atoms with Crippen molar-refractivity contribution in [2.24, 2.45) is 5.92 Å². The smallest absolute Gasteiger partial charge is 0.322 e. The number of allylic oxidation sites excluding steroid dienone is 1. The van der Waals surface area contributed by atoms with Gasteiger partial charge in [0.1, 0.15) is 5.75 Å². The van der Waals surface area contributed by atoms with E-state index in [1.165, 1.54) is 0 Å². The SMILES string of the molecule is COc1ccc(-c2noc(C3=C(C)N(CCC(C)C)C(=O)NC3c3ccc(Cl)cc3)n2)cc1. The molecule has 0 aliphatic carbocycles. The van der Waals surface area contributed by atoms with Gasteiger partial charge in [0.25, 0.3) is 5.89 Å². The molecule has 1 aromatic heterocycles. The van der Waals surface area contributed by atoms with E-state index in [0.717, 1.165) is 34.6 Å². The molecule has 0 bridgehead atoms. The van der Waals surface area contributed by atoms with Crippen molar-refractivity contribution in [3.05, 3.63) is 70.7 Å². The number of amides is 2. The van der Waals surface area contributed by atoms with E-state index in [1.807, 2.05) is 43.3 Å². The van der Waals surface area contributed by atoms with Crippen LogP contribution in [0.4, 0.5) is 4.79 Å². The number of hydrogen-bond donors (Lipinski definition) is 1. The molecule has 1 aliphatic heterocycles. The lowest BCUT2D eigenvalue weighted by molar-refractivity contribution is 0.202. The predicted octanol–water partition coefficient (Wildman–Crippen LogP) is 5.94. The fraction of sp³-hybridized carbons (Fsp3) is 0.320. The summed E-state index contributed by atoms with van der Waals surface area (Å²) < 4.78 is 10.9. The van der Waals surface area contributed by atoms with Crippen LogP contribution in [0.25, 0.3) is 17.0 Å². The van der Waals surface area contributed by atoms with E-state index in [0.29, 0.717) is 29.2 Å². The maximum atomic E-state index is 13.0. The van der Waals surface area contributed by atoms with Gasteiger partial charge in [-0.2, -0.15) is 4.98 Å². The van der Waals surface area contributed by atoms with Crippen molar-refractivity contribution in [3.63, 3.8) is 0 Å². The lowest BCUT2D eigenvalue weighted by Gasteiger charge is -2.35. The average molecular weight is 467 g/mol. The van der Waals surface area contributed by atoms with Gasteiger partial charge >= 0.3 is 6.03 Å². The summed E-state index contributed by atoms with van der Waals surface area (Å²) in [4.78, 5) is 19.4. The Morgan fingerprint density at radius 2 is 1.85 bits per heavy atom. The van der Waals surface area contributed by atoms with Crippen LogP contribution in [0.3, 0.4) is 0 Å². The lowest BCUT2D eigenvalue weighted by atomic mass is 9.94. The topological polar surface area (TPSA) is 80.5 Å². The number of rotatable bonds is 7. The van der Waals surface area contributed by atoms with Gasteiger partial charge < -0.3 is 14.6 Å². The molecule has 4 rings (SSSR count). The van der Waals surface area contributed by atoms with Gasteiger partial charge in [0.05, 0.1) is 18.7 Å². The maximum Gasteiger partial charge on any atom is 0.322 e. The third kappa shape index (κ3) is 4.88. The number of benzene rings is 2. The second kappa shape index (κ2) is 9.67. The molecular weight excluding hydrogens is 440 g/mol. The normalized spacial score (nSPS) is 16.4. The summed E-state index contributed by atoms with van der Waals surface area (Å²) in [6.45, 7) is 6.80. The van der Waals surface area contributed by atoms with Crippen molar-refractivity contribution in [2.75, 3.05) is 13.7 Å². The molecule has 2 heterocycles. The molecule has 0 fully saturated rings. The zero-order valence-electron chi connectivity index (χ0n) is 19.1. The van der Waals surface area contributed by atoms with Gasteiger partial charge in [-0.15, -0.1) is 0 Å². The Morgan fingerprint density at radius 3 is 2.48 bits per heavy atom. The van der Waals surface area contributed by atoms with Crippen LogP contribution in [0.1, 0.15) is 44.7 Å². The maximum absolute atomic E-state index is 13.0. The van der Waals surface area contributed by atoms with Crippen LogP contribution < -0.4 is 10.1 Å². The number of hydrogen-bond acceptors (Lipinski definition) is 5. The highest BCUT2D eigenvalue weighted by molar-refractivity contribution is 6.30. The van der Waals surface area contributed by atoms with E-state index in [2.05, 4.69) is 29.3 Å². The van der Waals surface area contributed by atoms with Gasteiger partial charge in [-0.25, -0.2) is 4.79 Å². The second-order valence-corrected chi connectivity index (χ2v) is 8.86. The number of carbonyl (C=O) groups excluding carboxylic acids is 1. The van der Waals surface area contributed by atoms with E-state index in [1.54, 1.807) is 24.1 Å². The molecule has 0 radical (unpaired) electrons. The fourth-order valence-corrected chi connectivity index (χ4v) is 3.94. The molecule has 0 spiro atoms. The molecule has 1 atom stereocenters. The number of carbonyl (C=O) groups is 1. The third-order valence-corrected chi connectivity index (χ3v) is 5.99. The van der Waals surface area contributed by atoms with E-state index >= 15 is 0 Å². The molecule has 7 nitrogen and oxygen atoms in total. The van der Waals surface area contributed by atoms with E-state index in [9.17, 15) is 4.79 Å². The summed E-state index contributed by atoms with van der Waals surface area (Å²) in [5.74, 6) is 2.05. The predicted molar refractivity (Wildman–Crippen MR) is 128 cm³/mol. The van der Waals surface area contributed by atoms with Crippen LogP contribution in [-0.2, 0) is 0 Å². The van der Waals surface area contributed by atoms with Crippen LogP contribution >= 0.6 is 11.6 Å². The monoisotopic (exact) mass is 466 g/mol. The zero-order valence-corrected chi connectivity index (χ0v) is 19.9. The number of methoxy groups -OCH3 is 1. The van der Waals surface area contributed by atoms with Gasteiger partial charge in [0.15, 0.2) is 0 Å². The summed E-state index contributed by atoms with van der Waals surface area (Å²) in [5, 5.41) is 7.94. The molecule has 33 heavy (non-hydrogen) atoms. The van der Waals surface area contributed by atoms with Crippen LogP contribution in [-0.4, -0.2) is 34.7 Å². The minimum Gasteiger partial charge on any atom is -0.497 e. The molecule has 1 unspecified atom stereocenters. The first-order valence-electron chi connectivity index (χ1n) is 10.9. The molecule has 8 heteroatoms. The number of ether oxygens (including phenoxy) is 1. The lowest BCUT2D eigenvalue weighted by Crippen LogP contribution is -2.46. The van der Waals surface area contributed by atoms with Gasteiger partial charge in [0.2, 0.25) is 5.82 Å². The van der Waals surface area contributed by atoms with E-state index in [4.69, 9.17) is 20.9 Å². The van der Waals surface area contributed by atoms with Gasteiger partial charge in [-0.3, -0.25) is 4.90 Å². The highest BCUT2D eigenvalue weighted by Gasteiger charge is 2.35. The minimum atomic E-state index is -0.436. The third-order valence-electron chi connectivity index (χ3n) is 5.73. The van der Waals surface area contributed by atoms with Crippen LogP contribution in [0.2, 0.25) is 5.02 Å². The summed E-state index contributed by atoms with van der Waals surface area (Å²) in [6, 6.07) is 14.3. The largest absolute Gasteiger partial charge is 0.497 e. The molecule has 3 aromatic rings. The number of halogens is 1. The quantitative estimate of drug-likeness (QED) is 0.466. The molecule has 1 N–H and O–H groups in total. The highest BCUT2D eigenvalue weighted by atomic mass is 35.5. The Labute approximate surface area is 198 Å². The van der Waals surface area contributed by atoms with Gasteiger partial charge in [-0.05, 0) is 61.2 Å². The Morgan fingerprint density at radius 1 is 1.15 bits per heavy atom. The molecule has 2 aromatic carbocycles. The van der Waals surface area contributed by atoms with Gasteiger partial charge in [0, 0.05) is 22.8 Å². The summed E-state index contributed by atoms with van der Waals surface area (Å²) in [5.41, 5.74) is 3.26.